The highest BCUT2D eigenvalue weighted by molar-refractivity contribution is 5.55. The van der Waals surface area contributed by atoms with Gasteiger partial charge in [-0.25, -0.2) is 0 Å². The molecule has 3 N–H and O–H groups in total. The van der Waals surface area contributed by atoms with E-state index in [4.69, 9.17) is 15.2 Å². The number of hydrogen-bond acceptors (Lipinski definition) is 4. The zero-order valence-corrected chi connectivity index (χ0v) is 26.0. The molecular formula is C36H51NO3. The lowest BCUT2D eigenvalue weighted by Gasteiger charge is -2.38. The molecule has 0 aromatic heterocycles. The molecule has 0 saturated heterocycles. The molecule has 0 aliphatic carbocycles. The summed E-state index contributed by atoms with van der Waals surface area (Å²) >= 11 is 0. The van der Waals surface area contributed by atoms with E-state index in [9.17, 15) is 5.11 Å². The highest BCUT2D eigenvalue weighted by Crippen LogP contribution is 2.48. The summed E-state index contributed by atoms with van der Waals surface area (Å²) in [7, 11) is 0. The average molecular weight is 546 g/mol. The first-order valence-electron chi connectivity index (χ1n) is 14.9. The molecule has 0 spiro atoms. The van der Waals surface area contributed by atoms with Crippen LogP contribution in [0.25, 0.3) is 0 Å². The summed E-state index contributed by atoms with van der Waals surface area (Å²) in [6, 6.07) is 21.4. The van der Waals surface area contributed by atoms with Crippen LogP contribution in [0.2, 0.25) is 0 Å². The molecule has 4 heteroatoms. The maximum Gasteiger partial charge on any atom is 0.141 e. The van der Waals surface area contributed by atoms with Gasteiger partial charge in [0, 0.05) is 11.1 Å². The van der Waals surface area contributed by atoms with Gasteiger partial charge >= 0.3 is 0 Å². The molecule has 0 bridgehead atoms. The van der Waals surface area contributed by atoms with Gasteiger partial charge in [-0.05, 0) is 52.5 Å². The van der Waals surface area contributed by atoms with E-state index in [0.717, 1.165) is 42.4 Å². The molecule has 1 unspecified atom stereocenters. The molecule has 3 rings (SSSR count). The Hall–Kier alpha value is -2.82. The fourth-order valence-electron chi connectivity index (χ4n) is 4.88. The minimum atomic E-state index is -1.61. The molecule has 1 atom stereocenters. The second-order valence-electron chi connectivity index (χ2n) is 13.0. The van der Waals surface area contributed by atoms with Gasteiger partial charge in [0.05, 0.1) is 19.3 Å². The van der Waals surface area contributed by atoms with Crippen molar-refractivity contribution in [2.45, 2.75) is 104 Å². The molecule has 3 aromatic carbocycles. The molecule has 0 aliphatic rings. The fourth-order valence-corrected chi connectivity index (χ4v) is 4.88. The number of aliphatic hydroxyl groups is 1. The topological polar surface area (TPSA) is 64.7 Å². The first kappa shape index (κ1) is 31.7. The highest BCUT2D eigenvalue weighted by atomic mass is 16.5. The van der Waals surface area contributed by atoms with Crippen molar-refractivity contribution in [2.75, 3.05) is 13.2 Å². The second kappa shape index (κ2) is 13.2. The fraction of sp³-hybridized carbons (Fsp3) is 0.500. The third-order valence-electron chi connectivity index (χ3n) is 7.64. The Kier molecular flexibility index (Phi) is 10.5. The maximum atomic E-state index is 13.1. The average Bonchev–Trinajstić information content (AvgIpc) is 2.92. The van der Waals surface area contributed by atoms with Crippen LogP contribution >= 0.6 is 0 Å². The molecule has 40 heavy (non-hydrogen) atoms. The number of ether oxygens (including phenoxy) is 2. The number of rotatable bonds is 12. The number of nitrogens with two attached hydrogens (primary N) is 1. The summed E-state index contributed by atoms with van der Waals surface area (Å²) in [5.41, 5.74) is 9.71. The van der Waals surface area contributed by atoms with Gasteiger partial charge in [0.2, 0.25) is 0 Å². The largest absolute Gasteiger partial charge is 0.493 e. The van der Waals surface area contributed by atoms with Gasteiger partial charge < -0.3 is 20.3 Å². The van der Waals surface area contributed by atoms with Crippen molar-refractivity contribution in [3.8, 4) is 11.5 Å². The van der Waals surface area contributed by atoms with E-state index in [-0.39, 0.29) is 10.8 Å². The molecule has 0 radical (unpaired) electrons. The van der Waals surface area contributed by atoms with Crippen LogP contribution < -0.4 is 15.2 Å². The van der Waals surface area contributed by atoms with E-state index < -0.39 is 11.6 Å². The van der Waals surface area contributed by atoms with E-state index in [1.807, 2.05) is 42.5 Å². The lowest BCUT2D eigenvalue weighted by atomic mass is 9.74. The first-order chi connectivity index (χ1) is 18.8. The van der Waals surface area contributed by atoms with Gasteiger partial charge in [-0.1, -0.05) is 123 Å². The van der Waals surface area contributed by atoms with Gasteiger partial charge in [-0.3, -0.25) is 0 Å². The Morgan fingerprint density at radius 3 is 1.48 bits per heavy atom. The highest BCUT2D eigenvalue weighted by Gasteiger charge is 2.44. The van der Waals surface area contributed by atoms with Crippen LogP contribution in [0.1, 0.15) is 115 Å². The van der Waals surface area contributed by atoms with Crippen molar-refractivity contribution in [3.05, 3.63) is 94.5 Å². The van der Waals surface area contributed by atoms with Gasteiger partial charge in [0.1, 0.15) is 17.1 Å². The summed E-state index contributed by atoms with van der Waals surface area (Å²) in [5, 5.41) is 13.1. The number of unbranched alkanes of at least 4 members (excludes halogenated alkanes) is 2. The zero-order chi connectivity index (χ0) is 29.6. The first-order valence-corrected chi connectivity index (χ1v) is 14.9. The molecule has 3 aromatic rings. The van der Waals surface area contributed by atoms with Crippen LogP contribution in [0, 0.1) is 0 Å². The summed E-state index contributed by atoms with van der Waals surface area (Å²) in [4.78, 5) is 0. The SMILES string of the molecule is CCCCOc1cc(C(C)(C)C)ccc1C(O)(c1ccc(C(C)(C)C)cc1OCCCC)C(N)c1ccccc1. The molecule has 4 nitrogen and oxygen atoms in total. The monoisotopic (exact) mass is 545 g/mol. The third kappa shape index (κ3) is 7.27. The normalized spacial score (nSPS) is 13.2. The Morgan fingerprint density at radius 1 is 0.675 bits per heavy atom. The molecule has 0 amide bonds. The van der Waals surface area contributed by atoms with Gasteiger partial charge in [-0.2, -0.15) is 0 Å². The van der Waals surface area contributed by atoms with Gasteiger partial charge in [0.15, 0.2) is 0 Å². The number of hydrogen-bond donors (Lipinski definition) is 2. The van der Waals surface area contributed by atoms with Gasteiger partial charge in [0.25, 0.3) is 0 Å². The van der Waals surface area contributed by atoms with Crippen molar-refractivity contribution in [2.24, 2.45) is 5.73 Å². The van der Waals surface area contributed by atoms with Crippen LogP contribution in [0.15, 0.2) is 66.7 Å². The number of benzene rings is 3. The summed E-state index contributed by atoms with van der Waals surface area (Å²) in [6.07, 6.45) is 3.89. The predicted molar refractivity (Wildman–Crippen MR) is 167 cm³/mol. The van der Waals surface area contributed by atoms with Crippen LogP contribution in [-0.2, 0) is 16.4 Å². The van der Waals surface area contributed by atoms with E-state index >= 15 is 0 Å². The Balaban J connectivity index is 2.34. The third-order valence-corrected chi connectivity index (χ3v) is 7.64. The van der Waals surface area contributed by atoms with E-state index in [2.05, 4.69) is 79.7 Å². The summed E-state index contributed by atoms with van der Waals surface area (Å²) in [5.74, 6) is 1.32. The van der Waals surface area contributed by atoms with Crippen LogP contribution in [0.5, 0.6) is 11.5 Å². The summed E-state index contributed by atoms with van der Waals surface area (Å²) in [6.45, 7) is 18.5. The van der Waals surface area contributed by atoms with E-state index in [1.54, 1.807) is 0 Å². The molecule has 0 fully saturated rings. The van der Waals surface area contributed by atoms with Crippen LogP contribution in [0.3, 0.4) is 0 Å². The molecule has 0 saturated carbocycles. The summed E-state index contributed by atoms with van der Waals surface area (Å²) < 4.78 is 12.9. The minimum Gasteiger partial charge on any atom is -0.493 e. The Labute approximate surface area is 242 Å². The maximum absolute atomic E-state index is 13.1. The minimum absolute atomic E-state index is 0.0795. The lowest BCUT2D eigenvalue weighted by Crippen LogP contribution is -2.41. The van der Waals surface area contributed by atoms with Crippen molar-refractivity contribution in [3.63, 3.8) is 0 Å². The van der Waals surface area contributed by atoms with Crippen molar-refractivity contribution < 1.29 is 14.6 Å². The Bertz CT molecular complexity index is 1150. The predicted octanol–water partition coefficient (Wildman–Crippen LogP) is 8.58. The van der Waals surface area contributed by atoms with Crippen molar-refractivity contribution >= 4 is 0 Å². The van der Waals surface area contributed by atoms with Crippen molar-refractivity contribution in [1.29, 1.82) is 0 Å². The lowest BCUT2D eigenvalue weighted by molar-refractivity contribution is 0.0447. The van der Waals surface area contributed by atoms with Crippen LogP contribution in [-0.4, -0.2) is 18.3 Å². The molecule has 218 valence electrons. The molecule has 0 heterocycles. The standard InChI is InChI=1S/C36H51NO3/c1-9-11-22-39-31-24-27(34(3,4)5)18-20-29(31)36(38,33(37)26-16-14-13-15-17-26)30-21-19-28(35(6,7)8)25-32(30)40-23-12-10-2/h13-21,24-25,33,38H,9-12,22-23,37H2,1-8H3. The van der Waals surface area contributed by atoms with E-state index in [1.165, 1.54) is 0 Å². The van der Waals surface area contributed by atoms with Crippen LogP contribution in [0.4, 0.5) is 0 Å². The molecule has 0 aliphatic heterocycles. The van der Waals surface area contributed by atoms with Crippen molar-refractivity contribution in [1.82, 2.24) is 0 Å². The zero-order valence-electron chi connectivity index (χ0n) is 26.0. The smallest absolute Gasteiger partial charge is 0.141 e. The second-order valence-corrected chi connectivity index (χ2v) is 13.0. The quantitative estimate of drug-likeness (QED) is 0.224. The molecular weight excluding hydrogens is 494 g/mol. The Morgan fingerprint density at radius 2 is 1.10 bits per heavy atom. The van der Waals surface area contributed by atoms with E-state index in [0.29, 0.717) is 35.8 Å². The van der Waals surface area contributed by atoms with Gasteiger partial charge in [-0.15, -0.1) is 0 Å².